The Morgan fingerprint density at radius 2 is 2.10 bits per heavy atom. The number of rotatable bonds is 4. The van der Waals surface area contributed by atoms with Gasteiger partial charge in [-0.2, -0.15) is 0 Å². The summed E-state index contributed by atoms with van der Waals surface area (Å²) < 4.78 is 39.6. The highest BCUT2D eigenvalue weighted by molar-refractivity contribution is 7.93. The van der Waals surface area contributed by atoms with Gasteiger partial charge in [-0.15, -0.1) is 0 Å². The smallest absolute Gasteiger partial charge is 0.265 e. The molecule has 7 heteroatoms. The van der Waals surface area contributed by atoms with Crippen LogP contribution in [0.1, 0.15) is 6.92 Å². The summed E-state index contributed by atoms with van der Waals surface area (Å²) in [5, 5.41) is -0.0197. The average molecular weight is 315 g/mol. The van der Waals surface area contributed by atoms with E-state index >= 15 is 0 Å². The van der Waals surface area contributed by atoms with Gasteiger partial charge < -0.3 is 0 Å². The number of halogens is 2. The number of anilines is 1. The van der Waals surface area contributed by atoms with E-state index in [1.807, 2.05) is 0 Å². The molecule has 1 aromatic heterocycles. The van der Waals surface area contributed by atoms with Gasteiger partial charge in [-0.05, 0) is 37.3 Å². The number of nitrogens with zero attached hydrogens (tertiary/aromatic N) is 2. The molecule has 0 spiro atoms. The standard InChI is InChI=1S/C13H12ClFN2O2S/c1-2-17(11-4-3-7-16-9-11)20(18,19)13-8-10(15)5-6-12(13)14/h3-9H,2H2,1H3. The van der Waals surface area contributed by atoms with Crippen molar-refractivity contribution in [1.82, 2.24) is 4.98 Å². The van der Waals surface area contributed by atoms with Crippen molar-refractivity contribution in [3.05, 3.63) is 53.6 Å². The third-order valence-corrected chi connectivity index (χ3v) is 5.07. The number of hydrogen-bond acceptors (Lipinski definition) is 3. The zero-order chi connectivity index (χ0) is 14.8. The minimum absolute atomic E-state index is 0.0197. The molecule has 20 heavy (non-hydrogen) atoms. The molecule has 0 aliphatic rings. The van der Waals surface area contributed by atoms with Gasteiger partial charge in [0.15, 0.2) is 0 Å². The van der Waals surface area contributed by atoms with Crippen LogP contribution in [-0.4, -0.2) is 19.9 Å². The van der Waals surface area contributed by atoms with Crippen molar-refractivity contribution in [1.29, 1.82) is 0 Å². The lowest BCUT2D eigenvalue weighted by Crippen LogP contribution is -2.31. The van der Waals surface area contributed by atoms with Crippen LogP contribution in [0.4, 0.5) is 10.1 Å². The summed E-state index contributed by atoms with van der Waals surface area (Å²) in [5.41, 5.74) is 0.398. The summed E-state index contributed by atoms with van der Waals surface area (Å²) in [4.78, 5) is 3.63. The fourth-order valence-corrected chi connectivity index (χ4v) is 3.74. The number of aromatic nitrogens is 1. The molecule has 2 rings (SSSR count). The van der Waals surface area contributed by atoms with E-state index in [0.717, 1.165) is 16.4 Å². The molecule has 1 heterocycles. The topological polar surface area (TPSA) is 50.3 Å². The molecular weight excluding hydrogens is 303 g/mol. The van der Waals surface area contributed by atoms with E-state index in [1.54, 1.807) is 25.3 Å². The Kier molecular flexibility index (Phi) is 4.25. The number of hydrogen-bond donors (Lipinski definition) is 0. The highest BCUT2D eigenvalue weighted by atomic mass is 35.5. The van der Waals surface area contributed by atoms with Crippen LogP contribution in [0.5, 0.6) is 0 Å². The van der Waals surface area contributed by atoms with Crippen molar-refractivity contribution in [2.24, 2.45) is 0 Å². The molecule has 0 N–H and O–H groups in total. The van der Waals surface area contributed by atoms with Crippen LogP contribution in [0, 0.1) is 5.82 Å². The van der Waals surface area contributed by atoms with Gasteiger partial charge in [0, 0.05) is 12.7 Å². The molecule has 1 aromatic carbocycles. The highest BCUT2D eigenvalue weighted by Gasteiger charge is 2.26. The molecule has 0 bridgehead atoms. The van der Waals surface area contributed by atoms with Crippen molar-refractivity contribution < 1.29 is 12.8 Å². The predicted octanol–water partition coefficient (Wildman–Crippen LogP) is 3.09. The Labute approximate surface area is 121 Å². The summed E-state index contributed by atoms with van der Waals surface area (Å²) in [6.45, 7) is 1.86. The third-order valence-electron chi connectivity index (χ3n) is 2.68. The third kappa shape index (κ3) is 2.76. The maximum Gasteiger partial charge on any atom is 0.265 e. The lowest BCUT2D eigenvalue weighted by atomic mass is 10.3. The van der Waals surface area contributed by atoms with Crippen molar-refractivity contribution >= 4 is 27.3 Å². The van der Waals surface area contributed by atoms with Crippen molar-refractivity contribution in [2.45, 2.75) is 11.8 Å². The van der Waals surface area contributed by atoms with E-state index in [4.69, 9.17) is 11.6 Å². The summed E-state index contributed by atoms with van der Waals surface area (Å²) >= 11 is 5.88. The van der Waals surface area contributed by atoms with Gasteiger partial charge >= 0.3 is 0 Å². The molecular formula is C13H12ClFN2O2S. The predicted molar refractivity (Wildman–Crippen MR) is 75.9 cm³/mol. The fourth-order valence-electron chi connectivity index (χ4n) is 1.79. The van der Waals surface area contributed by atoms with Gasteiger partial charge in [-0.1, -0.05) is 11.6 Å². The van der Waals surface area contributed by atoms with Gasteiger partial charge in [-0.25, -0.2) is 12.8 Å². The molecule has 4 nitrogen and oxygen atoms in total. The lowest BCUT2D eigenvalue weighted by Gasteiger charge is -2.23. The maximum atomic E-state index is 13.3. The first kappa shape index (κ1) is 14.7. The second-order valence-corrected chi connectivity index (χ2v) is 6.19. The van der Waals surface area contributed by atoms with Crippen LogP contribution in [-0.2, 0) is 10.0 Å². The van der Waals surface area contributed by atoms with Crippen LogP contribution in [0.2, 0.25) is 5.02 Å². The second kappa shape index (κ2) is 5.76. The lowest BCUT2D eigenvalue weighted by molar-refractivity contribution is 0.587. The molecule has 0 saturated heterocycles. The Bertz CT molecular complexity index is 708. The molecule has 0 fully saturated rings. The summed E-state index contributed by atoms with van der Waals surface area (Å²) in [7, 11) is -3.94. The average Bonchev–Trinajstić information content (AvgIpc) is 2.43. The summed E-state index contributed by atoms with van der Waals surface area (Å²) in [6, 6.07) is 6.49. The minimum atomic E-state index is -3.94. The number of pyridine rings is 1. The largest absolute Gasteiger partial charge is 0.265 e. The molecule has 0 amide bonds. The SMILES string of the molecule is CCN(c1cccnc1)S(=O)(=O)c1cc(F)ccc1Cl. The van der Waals surface area contributed by atoms with Crippen molar-refractivity contribution in [2.75, 3.05) is 10.8 Å². The monoisotopic (exact) mass is 314 g/mol. The number of sulfonamides is 1. The van der Waals surface area contributed by atoms with Gasteiger partial charge in [0.2, 0.25) is 0 Å². The van der Waals surface area contributed by atoms with Crippen LogP contribution in [0.15, 0.2) is 47.6 Å². The molecule has 0 unspecified atom stereocenters. The first-order valence-electron chi connectivity index (χ1n) is 5.84. The molecule has 0 aliphatic heterocycles. The molecule has 0 atom stereocenters. The van der Waals surface area contributed by atoms with Gasteiger partial charge in [0.1, 0.15) is 10.7 Å². The Balaban J connectivity index is 2.56. The van der Waals surface area contributed by atoms with E-state index in [-0.39, 0.29) is 16.5 Å². The van der Waals surface area contributed by atoms with E-state index in [2.05, 4.69) is 4.98 Å². The molecule has 0 radical (unpaired) electrons. The zero-order valence-corrected chi connectivity index (χ0v) is 12.2. The van der Waals surface area contributed by atoms with E-state index in [0.29, 0.717) is 5.69 Å². The van der Waals surface area contributed by atoms with Crippen molar-refractivity contribution in [3.8, 4) is 0 Å². The van der Waals surface area contributed by atoms with Crippen LogP contribution >= 0.6 is 11.6 Å². The van der Waals surface area contributed by atoms with Gasteiger partial charge in [0.25, 0.3) is 10.0 Å². The zero-order valence-electron chi connectivity index (χ0n) is 10.6. The second-order valence-electron chi connectivity index (χ2n) is 3.96. The van der Waals surface area contributed by atoms with Gasteiger partial charge in [-0.3, -0.25) is 9.29 Å². The Morgan fingerprint density at radius 3 is 2.70 bits per heavy atom. The van der Waals surface area contributed by atoms with E-state index in [1.165, 1.54) is 12.3 Å². The summed E-state index contributed by atoms with van der Waals surface area (Å²) in [6.07, 6.45) is 2.97. The summed E-state index contributed by atoms with van der Waals surface area (Å²) in [5.74, 6) is -0.657. The van der Waals surface area contributed by atoms with Crippen LogP contribution in [0.3, 0.4) is 0 Å². The Morgan fingerprint density at radius 1 is 1.35 bits per heavy atom. The number of benzene rings is 1. The van der Waals surface area contributed by atoms with Crippen LogP contribution in [0.25, 0.3) is 0 Å². The van der Waals surface area contributed by atoms with Crippen LogP contribution < -0.4 is 4.31 Å². The quantitative estimate of drug-likeness (QED) is 0.871. The normalized spacial score (nSPS) is 11.3. The fraction of sp³-hybridized carbons (Fsp3) is 0.154. The van der Waals surface area contributed by atoms with E-state index < -0.39 is 15.8 Å². The first-order valence-corrected chi connectivity index (χ1v) is 7.66. The molecule has 0 saturated carbocycles. The molecule has 106 valence electrons. The molecule has 2 aromatic rings. The maximum absolute atomic E-state index is 13.3. The van der Waals surface area contributed by atoms with E-state index in [9.17, 15) is 12.8 Å². The van der Waals surface area contributed by atoms with Crippen molar-refractivity contribution in [3.63, 3.8) is 0 Å². The first-order chi connectivity index (χ1) is 9.46. The minimum Gasteiger partial charge on any atom is -0.265 e. The molecule has 0 aliphatic carbocycles. The Hall–Kier alpha value is -1.66. The highest BCUT2D eigenvalue weighted by Crippen LogP contribution is 2.28. The van der Waals surface area contributed by atoms with Gasteiger partial charge in [0.05, 0.1) is 16.9 Å².